The molecule has 0 heterocycles. The van der Waals surface area contributed by atoms with Gasteiger partial charge in [-0.05, 0) is 123 Å². The minimum atomic E-state index is -4.57. The summed E-state index contributed by atoms with van der Waals surface area (Å²) in [6.45, 7) is 13.4. The molecule has 11 atom stereocenters. The summed E-state index contributed by atoms with van der Waals surface area (Å²) in [5.41, 5.74) is 1.46. The summed E-state index contributed by atoms with van der Waals surface area (Å²) in [7, 11) is -4.57. The van der Waals surface area contributed by atoms with Crippen LogP contribution < -0.4 is 0 Å². The smallest absolute Gasteiger partial charge is 0.396 e. The van der Waals surface area contributed by atoms with Gasteiger partial charge in [-0.15, -0.1) is 0 Å². The molecule has 0 aromatic heterocycles. The average molecular weight is 539 g/mol. The first-order chi connectivity index (χ1) is 17.1. The first-order valence-electron chi connectivity index (χ1n) is 14.7. The highest BCUT2D eigenvalue weighted by Crippen LogP contribution is 2.89. The van der Waals surface area contributed by atoms with Crippen LogP contribution in [0.3, 0.4) is 0 Å². The van der Waals surface area contributed by atoms with Crippen molar-refractivity contribution in [2.75, 3.05) is 6.61 Å². The molecule has 0 aliphatic heterocycles. The van der Waals surface area contributed by atoms with Gasteiger partial charge in [-0.2, -0.15) is 8.42 Å². The molecule has 0 amide bonds. The fraction of sp³-hybridized carbons (Fsp3) is 0.933. The second-order valence-corrected chi connectivity index (χ2v) is 15.9. The van der Waals surface area contributed by atoms with Crippen LogP contribution >= 0.6 is 0 Å². The van der Waals surface area contributed by atoms with Crippen LogP contribution in [0.1, 0.15) is 106 Å². The molecule has 1 unspecified atom stereocenters. The van der Waals surface area contributed by atoms with E-state index in [1.807, 2.05) is 26.8 Å². The van der Waals surface area contributed by atoms with Crippen LogP contribution in [0.5, 0.6) is 0 Å². The number of hydrogen-bond donors (Lipinski definition) is 3. The lowest BCUT2D eigenvalue weighted by Gasteiger charge is -2.63. The maximum atomic E-state index is 11.6. The van der Waals surface area contributed by atoms with Crippen LogP contribution in [0.2, 0.25) is 0 Å². The van der Waals surface area contributed by atoms with Gasteiger partial charge in [-0.25, -0.2) is 4.18 Å². The van der Waals surface area contributed by atoms with Gasteiger partial charge < -0.3 is 10.2 Å². The van der Waals surface area contributed by atoms with E-state index in [4.69, 9.17) is 4.18 Å². The number of hydrogen-bond acceptors (Lipinski definition) is 5. The van der Waals surface area contributed by atoms with Gasteiger partial charge in [-0.1, -0.05) is 39.3 Å². The third kappa shape index (κ3) is 3.88. The molecular weight excluding hydrogens is 488 g/mol. The second-order valence-electron chi connectivity index (χ2n) is 14.9. The monoisotopic (exact) mass is 538 g/mol. The Kier molecular flexibility index (Phi) is 6.65. The molecule has 37 heavy (non-hydrogen) atoms. The summed E-state index contributed by atoms with van der Waals surface area (Å²) in [5, 5.41) is 21.2. The Balaban J connectivity index is 1.41. The van der Waals surface area contributed by atoms with Crippen molar-refractivity contribution in [1.82, 2.24) is 0 Å². The highest BCUT2D eigenvalue weighted by molar-refractivity contribution is 7.80. The van der Waals surface area contributed by atoms with E-state index in [0.29, 0.717) is 24.2 Å². The van der Waals surface area contributed by atoms with Gasteiger partial charge in [0.1, 0.15) is 0 Å². The Morgan fingerprint density at radius 1 is 0.973 bits per heavy atom. The molecule has 5 saturated carbocycles. The van der Waals surface area contributed by atoms with E-state index in [2.05, 4.69) is 20.8 Å². The minimum absolute atomic E-state index is 0.122. The Morgan fingerprint density at radius 2 is 1.62 bits per heavy atom. The number of rotatable bonds is 7. The SMILES string of the molecule is CC(C)=C[C@H](O)C[C@@H](C)[C@H]1CC[C@@]2(C)[C@@H]3CCC4[C@@]5(CC[C@H](OS(=O)(=O)O)[C@@]4(C)CO)C[C@@]35CC[C@]12C. The van der Waals surface area contributed by atoms with Crippen molar-refractivity contribution >= 4 is 10.4 Å². The van der Waals surface area contributed by atoms with Crippen molar-refractivity contribution in [2.45, 2.75) is 118 Å². The molecule has 0 aromatic carbocycles. The molecule has 5 aliphatic carbocycles. The van der Waals surface area contributed by atoms with E-state index in [-0.39, 0.29) is 40.3 Å². The molecule has 5 aliphatic rings. The van der Waals surface area contributed by atoms with Crippen LogP contribution in [0.4, 0.5) is 0 Å². The largest absolute Gasteiger partial charge is 0.397 e. The third-order valence-corrected chi connectivity index (χ3v) is 13.8. The summed E-state index contributed by atoms with van der Waals surface area (Å²) in [6, 6.07) is 0. The molecule has 0 aromatic rings. The Hall–Kier alpha value is -0.470. The molecule has 0 saturated heterocycles. The van der Waals surface area contributed by atoms with Crippen LogP contribution in [-0.4, -0.2) is 42.0 Å². The maximum Gasteiger partial charge on any atom is 0.397 e. The summed E-state index contributed by atoms with van der Waals surface area (Å²) < 4.78 is 37.9. The average Bonchev–Trinajstić information content (AvgIpc) is 3.36. The van der Waals surface area contributed by atoms with Gasteiger partial charge in [0.25, 0.3) is 0 Å². The van der Waals surface area contributed by atoms with Crippen LogP contribution in [-0.2, 0) is 14.6 Å². The topological polar surface area (TPSA) is 104 Å². The lowest BCUT2D eigenvalue weighted by molar-refractivity contribution is -0.170. The fourth-order valence-electron chi connectivity index (χ4n) is 11.6. The van der Waals surface area contributed by atoms with Gasteiger partial charge in [0, 0.05) is 5.41 Å². The molecule has 212 valence electrons. The van der Waals surface area contributed by atoms with Crippen molar-refractivity contribution in [3.63, 3.8) is 0 Å². The maximum absolute atomic E-state index is 11.6. The van der Waals surface area contributed by atoms with Crippen molar-refractivity contribution < 1.29 is 27.4 Å². The predicted molar refractivity (Wildman–Crippen MR) is 144 cm³/mol. The zero-order valence-electron chi connectivity index (χ0n) is 23.8. The Morgan fingerprint density at radius 3 is 2.24 bits per heavy atom. The van der Waals surface area contributed by atoms with E-state index in [0.717, 1.165) is 25.7 Å². The van der Waals surface area contributed by atoms with Gasteiger partial charge in [0.15, 0.2) is 0 Å². The van der Waals surface area contributed by atoms with Gasteiger partial charge in [-0.3, -0.25) is 4.55 Å². The molecule has 5 fully saturated rings. The van der Waals surface area contributed by atoms with E-state index < -0.39 is 21.9 Å². The number of fused-ring (bicyclic) bond motifs is 2. The summed E-state index contributed by atoms with van der Waals surface area (Å²) in [5.74, 6) is 1.95. The molecule has 2 spiro atoms. The van der Waals surface area contributed by atoms with E-state index in [1.54, 1.807) is 0 Å². The summed E-state index contributed by atoms with van der Waals surface area (Å²) in [6.07, 6.45) is 11.5. The van der Waals surface area contributed by atoms with Crippen LogP contribution in [0.25, 0.3) is 0 Å². The van der Waals surface area contributed by atoms with Crippen molar-refractivity contribution in [1.29, 1.82) is 0 Å². The summed E-state index contributed by atoms with van der Waals surface area (Å²) in [4.78, 5) is 0. The van der Waals surface area contributed by atoms with Crippen LogP contribution in [0, 0.1) is 50.7 Å². The molecule has 5 rings (SSSR count). The minimum Gasteiger partial charge on any atom is -0.396 e. The lowest BCUT2D eigenvalue weighted by Crippen LogP contribution is -2.59. The molecule has 0 bridgehead atoms. The van der Waals surface area contributed by atoms with E-state index in [9.17, 15) is 23.2 Å². The first kappa shape index (κ1) is 28.1. The van der Waals surface area contributed by atoms with Crippen molar-refractivity contribution in [3.05, 3.63) is 11.6 Å². The quantitative estimate of drug-likeness (QED) is 0.274. The van der Waals surface area contributed by atoms with E-state index in [1.165, 1.54) is 37.7 Å². The fourth-order valence-corrected chi connectivity index (χ4v) is 12.2. The highest BCUT2D eigenvalue weighted by Gasteiger charge is 2.82. The number of aliphatic hydroxyl groups excluding tert-OH is 2. The number of aliphatic hydroxyl groups is 2. The summed E-state index contributed by atoms with van der Waals surface area (Å²) >= 11 is 0. The second kappa shape index (κ2) is 8.76. The number of allylic oxidation sites excluding steroid dienone is 1. The molecular formula is C30H50O6S. The van der Waals surface area contributed by atoms with Gasteiger partial charge in [0.05, 0.1) is 18.8 Å². The van der Waals surface area contributed by atoms with Gasteiger partial charge in [0.2, 0.25) is 0 Å². The van der Waals surface area contributed by atoms with Gasteiger partial charge >= 0.3 is 10.4 Å². The molecule has 3 N–H and O–H groups in total. The standard InChI is InChI=1S/C30H50O6S/c1-19(2)15-21(32)16-20(3)22-9-11-28(6)24-8-7-23-26(4,18-31)25(36-37(33,34)35)10-12-29(23)17-30(24,29)14-13-27(22,28)5/h15,20-25,31-32H,7-14,16-18H2,1-6H3,(H,33,34,35)/t20-,21+,22-,23?,24+,25+,26+,27-,28+,29-,30+/m1/s1. The Labute approximate surface area is 224 Å². The van der Waals surface area contributed by atoms with E-state index >= 15 is 0 Å². The molecule has 6 nitrogen and oxygen atoms in total. The third-order valence-electron chi connectivity index (χ3n) is 13.3. The normalized spacial score (nSPS) is 50.2. The highest BCUT2D eigenvalue weighted by atomic mass is 32.3. The van der Waals surface area contributed by atoms with Crippen LogP contribution in [0.15, 0.2) is 11.6 Å². The van der Waals surface area contributed by atoms with Crippen molar-refractivity contribution in [3.8, 4) is 0 Å². The van der Waals surface area contributed by atoms with Crippen molar-refractivity contribution in [2.24, 2.45) is 50.7 Å². The zero-order valence-corrected chi connectivity index (χ0v) is 24.6. The molecule has 0 radical (unpaired) electrons. The predicted octanol–water partition coefficient (Wildman–Crippen LogP) is 5.94. The zero-order chi connectivity index (χ0) is 27.2. The first-order valence-corrected chi connectivity index (χ1v) is 16.0. The Bertz CT molecular complexity index is 1050. The molecule has 7 heteroatoms. The lowest BCUT2D eigenvalue weighted by atomic mass is 9.41.